The third kappa shape index (κ3) is 11.5. The average molecular weight is 228 g/mol. The Morgan fingerprint density at radius 1 is 0.938 bits per heavy atom. The fourth-order valence-electron chi connectivity index (χ4n) is 1.60. The van der Waals surface area contributed by atoms with Gasteiger partial charge in [0, 0.05) is 19.5 Å². The van der Waals surface area contributed by atoms with Crippen LogP contribution in [0.3, 0.4) is 0 Å². The van der Waals surface area contributed by atoms with Crippen molar-refractivity contribution in [3.8, 4) is 0 Å². The highest BCUT2D eigenvalue weighted by molar-refractivity contribution is 5.75. The summed E-state index contributed by atoms with van der Waals surface area (Å²) >= 11 is 0. The van der Waals surface area contributed by atoms with Crippen LogP contribution in [0.5, 0.6) is 0 Å². The molecule has 0 heterocycles. The third-order valence-corrected chi connectivity index (χ3v) is 2.63. The fourth-order valence-corrected chi connectivity index (χ4v) is 1.60. The number of carbonyl (C=O) groups excluding carboxylic acids is 1. The van der Waals surface area contributed by atoms with Gasteiger partial charge in [-0.3, -0.25) is 4.79 Å². The van der Waals surface area contributed by atoms with Gasteiger partial charge >= 0.3 is 0 Å². The molecule has 16 heavy (non-hydrogen) atoms. The van der Waals surface area contributed by atoms with Gasteiger partial charge in [0.25, 0.3) is 0 Å². The first-order valence-corrected chi connectivity index (χ1v) is 6.78. The second-order valence-corrected chi connectivity index (χ2v) is 4.22. The smallest absolute Gasteiger partial charge is 0.221 e. The van der Waals surface area contributed by atoms with E-state index in [1.165, 1.54) is 32.1 Å². The minimum absolute atomic E-state index is 0.175. The van der Waals surface area contributed by atoms with Crippen molar-refractivity contribution in [2.75, 3.05) is 19.6 Å². The molecule has 0 atom stereocenters. The zero-order chi connectivity index (χ0) is 12.1. The lowest BCUT2D eigenvalue weighted by Gasteiger charge is -2.05. The third-order valence-electron chi connectivity index (χ3n) is 2.63. The first-order valence-electron chi connectivity index (χ1n) is 6.78. The molecular weight excluding hydrogens is 200 g/mol. The summed E-state index contributed by atoms with van der Waals surface area (Å²) in [6, 6.07) is 0. The molecule has 2 N–H and O–H groups in total. The van der Waals surface area contributed by atoms with E-state index in [9.17, 15) is 4.79 Å². The van der Waals surface area contributed by atoms with Crippen molar-refractivity contribution in [1.29, 1.82) is 0 Å². The largest absolute Gasteiger partial charge is 0.356 e. The predicted molar refractivity (Wildman–Crippen MR) is 69.5 cm³/mol. The summed E-state index contributed by atoms with van der Waals surface area (Å²) in [4.78, 5) is 11.3. The van der Waals surface area contributed by atoms with E-state index in [0.29, 0.717) is 6.42 Å². The van der Waals surface area contributed by atoms with Gasteiger partial charge in [0.05, 0.1) is 0 Å². The molecule has 0 aromatic rings. The van der Waals surface area contributed by atoms with Gasteiger partial charge in [-0.2, -0.15) is 0 Å². The maximum absolute atomic E-state index is 11.3. The Kier molecular flexibility index (Phi) is 12.1. The van der Waals surface area contributed by atoms with Crippen LogP contribution in [0.15, 0.2) is 0 Å². The normalized spacial score (nSPS) is 10.4. The summed E-state index contributed by atoms with van der Waals surface area (Å²) in [5.41, 5.74) is 0. The van der Waals surface area contributed by atoms with Gasteiger partial charge in [-0.25, -0.2) is 0 Å². The number of unbranched alkanes of at least 4 members (excludes halogenated alkanes) is 5. The van der Waals surface area contributed by atoms with Crippen LogP contribution in [-0.4, -0.2) is 25.5 Å². The molecule has 0 aromatic carbocycles. The molecular formula is C13H28N2O. The maximum Gasteiger partial charge on any atom is 0.221 e. The summed E-state index contributed by atoms with van der Waals surface area (Å²) in [7, 11) is 0. The Labute approximate surface area is 100 Å². The molecule has 0 saturated carbocycles. The van der Waals surface area contributed by atoms with Crippen LogP contribution in [-0.2, 0) is 4.79 Å². The average Bonchev–Trinajstić information content (AvgIpc) is 2.28. The molecule has 3 heteroatoms. The lowest BCUT2D eigenvalue weighted by molar-refractivity contribution is -0.121. The van der Waals surface area contributed by atoms with Crippen molar-refractivity contribution >= 4 is 5.91 Å². The topological polar surface area (TPSA) is 41.1 Å². The molecule has 0 bridgehead atoms. The molecule has 0 aliphatic carbocycles. The van der Waals surface area contributed by atoms with E-state index in [1.54, 1.807) is 0 Å². The molecule has 0 spiro atoms. The molecule has 0 unspecified atom stereocenters. The van der Waals surface area contributed by atoms with Crippen molar-refractivity contribution in [3.63, 3.8) is 0 Å². The highest BCUT2D eigenvalue weighted by atomic mass is 16.1. The molecule has 0 aliphatic rings. The Morgan fingerprint density at radius 2 is 1.62 bits per heavy atom. The number of hydrogen-bond donors (Lipinski definition) is 2. The molecule has 0 aromatic heterocycles. The van der Waals surface area contributed by atoms with Crippen LogP contribution < -0.4 is 10.6 Å². The SMILES string of the molecule is CCCCCCCCNC(=O)CCNCC. The van der Waals surface area contributed by atoms with Crippen molar-refractivity contribution in [2.45, 2.75) is 58.8 Å². The predicted octanol–water partition coefficient (Wildman–Crippen LogP) is 2.46. The maximum atomic E-state index is 11.3. The second kappa shape index (κ2) is 12.5. The van der Waals surface area contributed by atoms with Crippen LogP contribution in [0.4, 0.5) is 0 Å². The first kappa shape index (κ1) is 15.4. The monoisotopic (exact) mass is 228 g/mol. The lowest BCUT2D eigenvalue weighted by Crippen LogP contribution is -2.28. The number of amides is 1. The number of carbonyl (C=O) groups is 1. The molecule has 0 radical (unpaired) electrons. The van der Waals surface area contributed by atoms with Gasteiger partial charge in [-0.1, -0.05) is 46.0 Å². The number of nitrogens with one attached hydrogen (secondary N) is 2. The van der Waals surface area contributed by atoms with Gasteiger partial charge in [0.1, 0.15) is 0 Å². The van der Waals surface area contributed by atoms with Crippen LogP contribution in [0.25, 0.3) is 0 Å². The zero-order valence-corrected chi connectivity index (χ0v) is 11.0. The molecule has 1 amide bonds. The number of hydrogen-bond acceptors (Lipinski definition) is 2. The van der Waals surface area contributed by atoms with Gasteiger partial charge < -0.3 is 10.6 Å². The fraction of sp³-hybridized carbons (Fsp3) is 0.923. The summed E-state index contributed by atoms with van der Waals surface area (Å²) in [6.45, 7) is 6.85. The quantitative estimate of drug-likeness (QED) is 0.533. The molecule has 0 rings (SSSR count). The highest BCUT2D eigenvalue weighted by Gasteiger charge is 1.98. The van der Waals surface area contributed by atoms with Crippen LogP contribution in [0, 0.1) is 0 Å². The van der Waals surface area contributed by atoms with E-state index < -0.39 is 0 Å². The Bertz CT molecular complexity index is 160. The first-order chi connectivity index (χ1) is 7.81. The van der Waals surface area contributed by atoms with E-state index in [1.807, 2.05) is 6.92 Å². The molecule has 0 fully saturated rings. The van der Waals surface area contributed by atoms with E-state index in [2.05, 4.69) is 17.6 Å². The van der Waals surface area contributed by atoms with Crippen LogP contribution in [0.2, 0.25) is 0 Å². The lowest BCUT2D eigenvalue weighted by atomic mass is 10.1. The minimum Gasteiger partial charge on any atom is -0.356 e. The summed E-state index contributed by atoms with van der Waals surface area (Å²) in [5.74, 6) is 0.175. The standard InChI is InChI=1S/C13H28N2O/c1-3-5-6-7-8-9-11-15-13(16)10-12-14-4-2/h14H,3-12H2,1-2H3,(H,15,16). The van der Waals surface area contributed by atoms with E-state index in [4.69, 9.17) is 0 Å². The Balaban J connectivity index is 3.09. The van der Waals surface area contributed by atoms with Crippen molar-refractivity contribution in [2.24, 2.45) is 0 Å². The molecule has 96 valence electrons. The van der Waals surface area contributed by atoms with E-state index in [-0.39, 0.29) is 5.91 Å². The van der Waals surface area contributed by atoms with Crippen LogP contribution >= 0.6 is 0 Å². The Hall–Kier alpha value is -0.570. The summed E-state index contributed by atoms with van der Waals surface area (Å²) in [6.07, 6.45) is 8.25. The summed E-state index contributed by atoms with van der Waals surface area (Å²) < 4.78 is 0. The van der Waals surface area contributed by atoms with Crippen molar-refractivity contribution in [1.82, 2.24) is 10.6 Å². The van der Waals surface area contributed by atoms with E-state index >= 15 is 0 Å². The van der Waals surface area contributed by atoms with Gasteiger partial charge in [-0.05, 0) is 13.0 Å². The van der Waals surface area contributed by atoms with Gasteiger partial charge in [0.15, 0.2) is 0 Å². The molecule has 3 nitrogen and oxygen atoms in total. The summed E-state index contributed by atoms with van der Waals surface area (Å²) in [5, 5.41) is 6.10. The van der Waals surface area contributed by atoms with Gasteiger partial charge in [-0.15, -0.1) is 0 Å². The molecule has 0 saturated heterocycles. The minimum atomic E-state index is 0.175. The van der Waals surface area contributed by atoms with Gasteiger partial charge in [0.2, 0.25) is 5.91 Å². The Morgan fingerprint density at radius 3 is 2.31 bits per heavy atom. The highest BCUT2D eigenvalue weighted by Crippen LogP contribution is 2.03. The van der Waals surface area contributed by atoms with Crippen molar-refractivity contribution < 1.29 is 4.79 Å². The number of rotatable bonds is 11. The molecule has 0 aliphatic heterocycles. The second-order valence-electron chi connectivity index (χ2n) is 4.22. The zero-order valence-electron chi connectivity index (χ0n) is 11.0. The van der Waals surface area contributed by atoms with Crippen LogP contribution in [0.1, 0.15) is 58.8 Å². The van der Waals surface area contributed by atoms with Crippen molar-refractivity contribution in [3.05, 3.63) is 0 Å². The van der Waals surface area contributed by atoms with E-state index in [0.717, 1.165) is 26.1 Å².